The van der Waals surface area contributed by atoms with Crippen molar-refractivity contribution in [3.63, 3.8) is 0 Å². The molecule has 0 fully saturated rings. The van der Waals surface area contributed by atoms with Crippen molar-refractivity contribution in [2.45, 2.75) is 23.1 Å². The largest absolute Gasteiger partial charge is 0.341 e. The van der Waals surface area contributed by atoms with Gasteiger partial charge in [-0.1, -0.05) is 35.9 Å². The summed E-state index contributed by atoms with van der Waals surface area (Å²) >= 11 is 7.41. The number of fused-ring (bicyclic) bond motifs is 1. The molecule has 0 radical (unpaired) electrons. The highest BCUT2D eigenvalue weighted by Gasteiger charge is 2.29. The Morgan fingerprint density at radius 2 is 2.04 bits per heavy atom. The molecule has 1 atom stereocenters. The van der Waals surface area contributed by atoms with Crippen molar-refractivity contribution in [2.75, 3.05) is 12.4 Å². The lowest BCUT2D eigenvalue weighted by Gasteiger charge is -2.25. The molecule has 0 saturated heterocycles. The highest BCUT2D eigenvalue weighted by Crippen LogP contribution is 2.36. The van der Waals surface area contributed by atoms with Crippen LogP contribution < -0.4 is 5.32 Å². The molecule has 6 heteroatoms. The molecular formula is C18H17ClN2O2S. The van der Waals surface area contributed by atoms with E-state index in [0.29, 0.717) is 11.6 Å². The fraction of sp³-hybridized carbons (Fsp3) is 0.222. The van der Waals surface area contributed by atoms with Crippen molar-refractivity contribution >= 4 is 40.9 Å². The van der Waals surface area contributed by atoms with Gasteiger partial charge in [0, 0.05) is 29.9 Å². The first kappa shape index (κ1) is 16.9. The maximum Gasteiger partial charge on any atom is 0.238 e. The Hall–Kier alpha value is -1.98. The maximum absolute atomic E-state index is 12.5. The zero-order chi connectivity index (χ0) is 17.1. The lowest BCUT2D eigenvalue weighted by Crippen LogP contribution is -2.35. The first-order chi connectivity index (χ1) is 11.5. The molecule has 2 amide bonds. The van der Waals surface area contributed by atoms with Crippen LogP contribution in [0.3, 0.4) is 0 Å². The summed E-state index contributed by atoms with van der Waals surface area (Å²) in [7, 11) is 1.74. The normalized spacial score (nSPS) is 16.2. The molecule has 4 nitrogen and oxygen atoms in total. The van der Waals surface area contributed by atoms with Crippen molar-refractivity contribution < 1.29 is 9.59 Å². The van der Waals surface area contributed by atoms with E-state index in [2.05, 4.69) is 5.32 Å². The van der Waals surface area contributed by atoms with E-state index in [0.717, 1.165) is 16.1 Å². The fourth-order valence-electron chi connectivity index (χ4n) is 2.54. The number of benzene rings is 2. The van der Waals surface area contributed by atoms with Gasteiger partial charge in [-0.3, -0.25) is 9.59 Å². The lowest BCUT2D eigenvalue weighted by atomic mass is 10.2. The summed E-state index contributed by atoms with van der Waals surface area (Å²) in [5, 5.41) is 3.10. The molecular weight excluding hydrogens is 344 g/mol. The number of halogens is 1. The number of thioether (sulfide) groups is 1. The summed E-state index contributed by atoms with van der Waals surface area (Å²) in [4.78, 5) is 27.3. The van der Waals surface area contributed by atoms with Gasteiger partial charge in [0.05, 0.1) is 10.9 Å². The van der Waals surface area contributed by atoms with E-state index < -0.39 is 5.25 Å². The van der Waals surface area contributed by atoms with Crippen molar-refractivity contribution in [1.29, 1.82) is 0 Å². The molecule has 1 aliphatic heterocycles. The van der Waals surface area contributed by atoms with Crippen LogP contribution in [0.5, 0.6) is 0 Å². The van der Waals surface area contributed by atoms with Crippen molar-refractivity contribution in [3.05, 3.63) is 59.1 Å². The Kier molecular flexibility index (Phi) is 5.11. The Balaban J connectivity index is 1.63. The van der Waals surface area contributed by atoms with Crippen LogP contribution in [0.25, 0.3) is 0 Å². The quantitative estimate of drug-likeness (QED) is 0.902. The Morgan fingerprint density at radius 1 is 1.25 bits per heavy atom. The second kappa shape index (κ2) is 7.28. The molecule has 0 bridgehead atoms. The highest BCUT2D eigenvalue weighted by molar-refractivity contribution is 8.01. The number of nitrogens with one attached hydrogen (secondary N) is 1. The molecule has 2 aromatic rings. The molecule has 124 valence electrons. The molecule has 1 heterocycles. The molecule has 2 aromatic carbocycles. The van der Waals surface area contributed by atoms with Gasteiger partial charge < -0.3 is 10.2 Å². The minimum atomic E-state index is -0.408. The summed E-state index contributed by atoms with van der Waals surface area (Å²) in [6.45, 7) is 0.467. The number of nitrogens with zero attached hydrogens (tertiary/aromatic N) is 1. The highest BCUT2D eigenvalue weighted by atomic mass is 35.5. The Labute approximate surface area is 150 Å². The van der Waals surface area contributed by atoms with Crippen molar-refractivity contribution in [2.24, 2.45) is 0 Å². The van der Waals surface area contributed by atoms with E-state index in [4.69, 9.17) is 11.6 Å². The number of carbonyl (C=O) groups is 2. The van der Waals surface area contributed by atoms with Gasteiger partial charge in [-0.05, 0) is 29.8 Å². The molecule has 24 heavy (non-hydrogen) atoms. The third kappa shape index (κ3) is 3.91. The molecule has 0 saturated carbocycles. The van der Waals surface area contributed by atoms with Gasteiger partial charge in [0.1, 0.15) is 0 Å². The van der Waals surface area contributed by atoms with Gasteiger partial charge >= 0.3 is 0 Å². The zero-order valence-electron chi connectivity index (χ0n) is 13.2. The van der Waals surface area contributed by atoms with Gasteiger partial charge in [-0.2, -0.15) is 0 Å². The van der Waals surface area contributed by atoms with Crippen LogP contribution in [0.1, 0.15) is 12.0 Å². The maximum atomic E-state index is 12.5. The number of amides is 2. The summed E-state index contributed by atoms with van der Waals surface area (Å²) in [6.07, 6.45) is 0.169. The summed E-state index contributed by atoms with van der Waals surface area (Å²) in [5.74, 6) is -0.190. The molecule has 1 unspecified atom stereocenters. The number of hydrogen-bond acceptors (Lipinski definition) is 3. The van der Waals surface area contributed by atoms with E-state index >= 15 is 0 Å². The summed E-state index contributed by atoms with van der Waals surface area (Å²) in [5.41, 5.74) is 1.77. The van der Waals surface area contributed by atoms with E-state index in [9.17, 15) is 9.59 Å². The van der Waals surface area contributed by atoms with Crippen LogP contribution >= 0.6 is 23.4 Å². The predicted octanol–water partition coefficient (Wildman–Crippen LogP) is 3.80. The van der Waals surface area contributed by atoms with Crippen LogP contribution in [-0.2, 0) is 16.1 Å². The van der Waals surface area contributed by atoms with Gasteiger partial charge in [-0.15, -0.1) is 11.8 Å². The lowest BCUT2D eigenvalue weighted by molar-refractivity contribution is -0.131. The second-order valence-corrected chi connectivity index (χ2v) is 7.36. The van der Waals surface area contributed by atoms with Crippen LogP contribution in [0.15, 0.2) is 53.4 Å². The first-order valence-electron chi connectivity index (χ1n) is 7.58. The van der Waals surface area contributed by atoms with Gasteiger partial charge in [0.2, 0.25) is 11.8 Å². The van der Waals surface area contributed by atoms with Crippen LogP contribution in [0, 0.1) is 0 Å². The van der Waals surface area contributed by atoms with Gasteiger partial charge in [0.25, 0.3) is 0 Å². The average molecular weight is 361 g/mol. The van der Waals surface area contributed by atoms with Crippen LogP contribution in [0.4, 0.5) is 5.69 Å². The first-order valence-corrected chi connectivity index (χ1v) is 8.83. The van der Waals surface area contributed by atoms with Gasteiger partial charge in [0.15, 0.2) is 0 Å². The number of rotatable bonds is 4. The topological polar surface area (TPSA) is 49.4 Å². The van der Waals surface area contributed by atoms with Crippen molar-refractivity contribution in [1.82, 2.24) is 4.90 Å². The molecule has 1 N–H and O–H groups in total. The minimum Gasteiger partial charge on any atom is -0.341 e. The zero-order valence-corrected chi connectivity index (χ0v) is 14.7. The number of hydrogen-bond donors (Lipinski definition) is 1. The van der Waals surface area contributed by atoms with E-state index in [1.165, 1.54) is 11.8 Å². The number of anilines is 1. The molecule has 0 aromatic heterocycles. The second-order valence-electron chi connectivity index (χ2n) is 5.68. The minimum absolute atomic E-state index is 0.0676. The summed E-state index contributed by atoms with van der Waals surface area (Å²) in [6, 6.07) is 15.0. The van der Waals surface area contributed by atoms with E-state index in [1.807, 2.05) is 42.5 Å². The standard InChI is InChI=1S/C18H17ClN2O2S/c1-21(11-12-5-4-6-13(19)9-12)17(22)10-16-18(23)20-14-7-2-3-8-15(14)24-16/h2-9,16H,10-11H2,1H3,(H,20,23). The molecule has 1 aliphatic rings. The van der Waals surface area contributed by atoms with Gasteiger partial charge in [-0.25, -0.2) is 0 Å². The third-order valence-electron chi connectivity index (χ3n) is 3.80. The summed E-state index contributed by atoms with van der Waals surface area (Å²) < 4.78 is 0. The SMILES string of the molecule is CN(Cc1cccc(Cl)c1)C(=O)CC1Sc2ccccc2NC1=O. The predicted molar refractivity (Wildman–Crippen MR) is 97.3 cm³/mol. The van der Waals surface area contributed by atoms with Crippen LogP contribution in [-0.4, -0.2) is 29.0 Å². The van der Waals surface area contributed by atoms with E-state index in [-0.39, 0.29) is 18.2 Å². The smallest absolute Gasteiger partial charge is 0.238 e. The molecule has 0 aliphatic carbocycles. The number of para-hydroxylation sites is 1. The Bertz CT molecular complexity index is 781. The third-order valence-corrected chi connectivity index (χ3v) is 5.31. The monoisotopic (exact) mass is 360 g/mol. The number of carbonyl (C=O) groups excluding carboxylic acids is 2. The molecule has 0 spiro atoms. The molecule has 3 rings (SSSR count). The average Bonchev–Trinajstić information content (AvgIpc) is 2.55. The van der Waals surface area contributed by atoms with E-state index in [1.54, 1.807) is 18.0 Å². The van der Waals surface area contributed by atoms with Crippen molar-refractivity contribution in [3.8, 4) is 0 Å². The Morgan fingerprint density at radius 3 is 2.83 bits per heavy atom. The fourth-order valence-corrected chi connectivity index (χ4v) is 3.85. The van der Waals surface area contributed by atoms with Crippen LogP contribution in [0.2, 0.25) is 5.02 Å².